The predicted molar refractivity (Wildman–Crippen MR) is 114 cm³/mol. The van der Waals surface area contributed by atoms with E-state index in [4.69, 9.17) is 0 Å². The fraction of sp³-hybridized carbons (Fsp3) is 0.619. The van der Waals surface area contributed by atoms with Gasteiger partial charge in [0.15, 0.2) is 0 Å². The van der Waals surface area contributed by atoms with E-state index in [9.17, 15) is 18.5 Å². The highest BCUT2D eigenvalue weighted by atomic mass is 32.2. The van der Waals surface area contributed by atoms with Crippen LogP contribution in [0.3, 0.4) is 0 Å². The predicted octanol–water partition coefficient (Wildman–Crippen LogP) is 0.836. The van der Waals surface area contributed by atoms with Crippen LogP contribution in [0.25, 0.3) is 0 Å². The average molecular weight is 445 g/mol. The Morgan fingerprint density at radius 2 is 1.94 bits per heavy atom. The first kappa shape index (κ1) is 20.7. The number of sulfonamides is 1. The average Bonchev–Trinajstić information content (AvgIpc) is 3.47. The highest BCUT2D eigenvalue weighted by Gasteiger charge is 2.51. The van der Waals surface area contributed by atoms with Crippen molar-refractivity contribution >= 4 is 21.6 Å². The summed E-state index contributed by atoms with van der Waals surface area (Å²) in [7, 11) is -3.42. The molecule has 3 aliphatic heterocycles. The van der Waals surface area contributed by atoms with Gasteiger partial charge in [0, 0.05) is 37.4 Å². The van der Waals surface area contributed by atoms with Gasteiger partial charge in [-0.25, -0.2) is 18.9 Å². The lowest BCUT2D eigenvalue weighted by Crippen LogP contribution is -2.52. The molecule has 4 aliphatic rings. The van der Waals surface area contributed by atoms with E-state index < -0.39 is 10.0 Å². The molecule has 1 aromatic rings. The third-order valence-corrected chi connectivity index (χ3v) is 8.83. The van der Waals surface area contributed by atoms with Crippen LogP contribution in [0.4, 0.5) is 5.69 Å². The first-order chi connectivity index (χ1) is 15.0. The number of benzene rings is 1. The molecule has 3 unspecified atom stereocenters. The lowest BCUT2D eigenvalue weighted by molar-refractivity contribution is -0.128. The van der Waals surface area contributed by atoms with Crippen molar-refractivity contribution in [3.63, 3.8) is 0 Å². The standard InChI is InChI=1S/C21H28N6O3S/c22-10-8-17(14-2-3-14)27-18-9-11-23-21(28)19(18)20(25-27)24-15-4-6-16(7-5-15)31(29,30)26-12-1-13-26/h4-7,14,17-20,24-25H,1-3,8-9,11-13H2,(H,23,28)/t17-,18?,19?,20?/m0/s1. The van der Waals surface area contributed by atoms with Crippen LogP contribution < -0.4 is 16.1 Å². The van der Waals surface area contributed by atoms with E-state index in [1.54, 1.807) is 24.3 Å². The van der Waals surface area contributed by atoms with Crippen LogP contribution in [0.15, 0.2) is 29.2 Å². The van der Waals surface area contributed by atoms with Crippen LogP contribution in [0.5, 0.6) is 0 Å². The molecule has 1 saturated carbocycles. The number of fused-ring (bicyclic) bond motifs is 1. The number of nitrogens with zero attached hydrogens (tertiary/aromatic N) is 3. The number of nitriles is 1. The van der Waals surface area contributed by atoms with Crippen molar-refractivity contribution in [2.24, 2.45) is 11.8 Å². The minimum Gasteiger partial charge on any atom is -0.368 e. The number of nitrogens with one attached hydrogen (secondary N) is 3. The van der Waals surface area contributed by atoms with Crippen LogP contribution in [0, 0.1) is 23.2 Å². The van der Waals surface area contributed by atoms with Gasteiger partial charge < -0.3 is 10.6 Å². The molecule has 0 spiro atoms. The van der Waals surface area contributed by atoms with Crippen LogP contribution in [0.2, 0.25) is 0 Å². The molecule has 4 fully saturated rings. The van der Waals surface area contributed by atoms with E-state index in [0.717, 1.165) is 31.4 Å². The zero-order valence-corrected chi connectivity index (χ0v) is 18.1. The number of amides is 1. The van der Waals surface area contributed by atoms with Crippen LogP contribution in [0.1, 0.15) is 32.1 Å². The number of rotatable bonds is 7. The first-order valence-corrected chi connectivity index (χ1v) is 12.5. The van der Waals surface area contributed by atoms with Gasteiger partial charge in [-0.3, -0.25) is 4.79 Å². The summed E-state index contributed by atoms with van der Waals surface area (Å²) in [5.74, 6) is 0.230. The summed E-state index contributed by atoms with van der Waals surface area (Å²) >= 11 is 0. The minimum absolute atomic E-state index is 0.00670. The van der Waals surface area contributed by atoms with Crippen molar-refractivity contribution in [1.82, 2.24) is 20.1 Å². The number of hydrazine groups is 1. The Labute approximate surface area is 182 Å². The number of carbonyl (C=O) groups is 1. The molecule has 1 amide bonds. The van der Waals surface area contributed by atoms with E-state index >= 15 is 0 Å². The maximum absolute atomic E-state index is 12.7. The third-order valence-electron chi connectivity index (χ3n) is 6.91. The van der Waals surface area contributed by atoms with Gasteiger partial charge in [0.25, 0.3) is 0 Å². The molecule has 1 aliphatic carbocycles. The molecule has 3 N–H and O–H groups in total. The zero-order chi connectivity index (χ0) is 21.6. The molecule has 1 aromatic carbocycles. The molecule has 31 heavy (non-hydrogen) atoms. The van der Waals surface area contributed by atoms with Gasteiger partial charge in [-0.15, -0.1) is 0 Å². The van der Waals surface area contributed by atoms with E-state index in [2.05, 4.69) is 27.1 Å². The summed E-state index contributed by atoms with van der Waals surface area (Å²) in [5, 5.41) is 17.8. The van der Waals surface area contributed by atoms with Crippen LogP contribution in [-0.2, 0) is 14.8 Å². The van der Waals surface area contributed by atoms with E-state index in [1.165, 1.54) is 4.31 Å². The number of hydrogen-bond acceptors (Lipinski definition) is 7. The van der Waals surface area contributed by atoms with Gasteiger partial charge in [0.05, 0.1) is 23.3 Å². The van der Waals surface area contributed by atoms with Gasteiger partial charge in [0.1, 0.15) is 6.17 Å². The molecular weight excluding hydrogens is 416 g/mol. The summed E-state index contributed by atoms with van der Waals surface area (Å²) in [6.07, 6.45) is 4.11. The van der Waals surface area contributed by atoms with Crippen molar-refractivity contribution in [3.8, 4) is 6.07 Å². The molecule has 166 valence electrons. The van der Waals surface area contributed by atoms with Crippen molar-refractivity contribution in [2.45, 2.75) is 55.2 Å². The number of carbonyl (C=O) groups excluding carboxylic acids is 1. The molecule has 0 aromatic heterocycles. The molecule has 10 heteroatoms. The Balaban J connectivity index is 1.34. The van der Waals surface area contributed by atoms with Crippen molar-refractivity contribution in [2.75, 3.05) is 25.0 Å². The topological polar surface area (TPSA) is 118 Å². The van der Waals surface area contributed by atoms with Gasteiger partial charge in [-0.1, -0.05) is 0 Å². The monoisotopic (exact) mass is 444 g/mol. The van der Waals surface area contributed by atoms with Gasteiger partial charge in [0.2, 0.25) is 15.9 Å². The third kappa shape index (κ3) is 3.80. The van der Waals surface area contributed by atoms with E-state index in [0.29, 0.717) is 32.0 Å². The van der Waals surface area contributed by atoms with Gasteiger partial charge >= 0.3 is 0 Å². The highest BCUT2D eigenvalue weighted by molar-refractivity contribution is 7.89. The molecular formula is C21H28N6O3S. The molecule has 0 radical (unpaired) electrons. The van der Waals surface area contributed by atoms with Crippen LogP contribution >= 0.6 is 0 Å². The molecule has 3 heterocycles. The number of hydrogen-bond donors (Lipinski definition) is 3. The molecule has 0 bridgehead atoms. The number of piperidine rings is 1. The smallest absolute Gasteiger partial charge is 0.243 e. The molecule has 5 rings (SSSR count). The lowest BCUT2D eigenvalue weighted by Gasteiger charge is -2.34. The normalized spacial score (nSPS) is 30.0. The Bertz CT molecular complexity index is 983. The second-order valence-electron chi connectivity index (χ2n) is 8.88. The number of anilines is 1. The highest BCUT2D eigenvalue weighted by Crippen LogP contribution is 2.41. The Hall–Kier alpha value is -2.19. The summed E-state index contributed by atoms with van der Waals surface area (Å²) in [6.45, 7) is 1.79. The van der Waals surface area contributed by atoms with Crippen molar-refractivity contribution in [3.05, 3.63) is 24.3 Å². The molecule has 4 atom stereocenters. The maximum Gasteiger partial charge on any atom is 0.243 e. The minimum atomic E-state index is -3.42. The quantitative estimate of drug-likeness (QED) is 0.570. The van der Waals surface area contributed by atoms with Crippen molar-refractivity contribution in [1.29, 1.82) is 5.26 Å². The summed E-state index contributed by atoms with van der Waals surface area (Å²) in [5.41, 5.74) is 4.24. The largest absolute Gasteiger partial charge is 0.368 e. The fourth-order valence-electron chi connectivity index (χ4n) is 4.95. The summed E-state index contributed by atoms with van der Waals surface area (Å²) < 4.78 is 26.6. The van der Waals surface area contributed by atoms with Gasteiger partial charge in [-0.05, 0) is 55.9 Å². The second kappa shape index (κ2) is 8.06. The maximum atomic E-state index is 12.7. The van der Waals surface area contributed by atoms with E-state index in [-0.39, 0.29) is 35.0 Å². The second-order valence-corrected chi connectivity index (χ2v) is 10.8. The molecule has 3 saturated heterocycles. The van der Waals surface area contributed by atoms with E-state index in [1.807, 2.05) is 0 Å². The van der Waals surface area contributed by atoms with Crippen molar-refractivity contribution < 1.29 is 13.2 Å². The first-order valence-electron chi connectivity index (χ1n) is 11.0. The van der Waals surface area contributed by atoms with Gasteiger partial charge in [-0.2, -0.15) is 9.57 Å². The Morgan fingerprint density at radius 3 is 2.55 bits per heavy atom. The Kier molecular flexibility index (Phi) is 5.38. The summed E-state index contributed by atoms with van der Waals surface area (Å²) in [4.78, 5) is 13.0. The zero-order valence-electron chi connectivity index (χ0n) is 17.3. The Morgan fingerprint density at radius 1 is 1.19 bits per heavy atom. The lowest BCUT2D eigenvalue weighted by atomic mass is 9.90. The van der Waals surface area contributed by atoms with Crippen LogP contribution in [-0.4, -0.2) is 61.5 Å². The summed E-state index contributed by atoms with van der Waals surface area (Å²) in [6, 6.07) is 9.19. The SMILES string of the molecule is N#CC[C@@H](C1CC1)N1NC(Nc2ccc(S(=O)(=O)N3CCC3)cc2)C2C(=O)NCCC21. The molecule has 9 nitrogen and oxygen atoms in total. The fourth-order valence-corrected chi connectivity index (χ4v) is 6.46.